The minimum Gasteiger partial charge on any atom is -0.439 e. The molecule has 0 unspecified atom stereocenters. The molecule has 0 radical (unpaired) electrons. The van der Waals surface area contributed by atoms with Crippen molar-refractivity contribution >= 4 is 34.7 Å². The molecule has 0 spiro atoms. The summed E-state index contributed by atoms with van der Waals surface area (Å²) in [5.74, 6) is 0.305. The van der Waals surface area contributed by atoms with Crippen molar-refractivity contribution in [3.8, 4) is 11.6 Å². The third-order valence-electron chi connectivity index (χ3n) is 2.19. The molecule has 19 heavy (non-hydrogen) atoms. The van der Waals surface area contributed by atoms with Crippen LogP contribution in [0, 0.1) is 10.1 Å². The summed E-state index contributed by atoms with van der Waals surface area (Å²) in [6.07, 6.45) is 0. The van der Waals surface area contributed by atoms with E-state index in [-0.39, 0.29) is 17.4 Å². The number of pyridine rings is 1. The molecule has 8 heteroatoms. The molecule has 98 valence electrons. The van der Waals surface area contributed by atoms with Crippen molar-refractivity contribution in [3.05, 3.63) is 50.5 Å². The van der Waals surface area contributed by atoms with Crippen molar-refractivity contribution in [1.82, 2.24) is 4.98 Å². The van der Waals surface area contributed by atoms with Crippen LogP contribution in [0.2, 0.25) is 10.0 Å². The first kappa shape index (κ1) is 13.4. The molecule has 6 nitrogen and oxygen atoms in total. The molecular formula is C11H7Cl2N3O3. The molecule has 0 fully saturated rings. The number of rotatable bonds is 3. The molecule has 2 N–H and O–H groups in total. The number of nitrogens with zero attached hydrogens (tertiary/aromatic N) is 2. The highest BCUT2D eigenvalue weighted by molar-refractivity contribution is 6.42. The fourth-order valence-corrected chi connectivity index (χ4v) is 1.61. The predicted octanol–water partition coefficient (Wildman–Crippen LogP) is 3.67. The minimum absolute atomic E-state index is 0.126. The van der Waals surface area contributed by atoms with Gasteiger partial charge in [0.1, 0.15) is 5.75 Å². The Bertz CT molecular complexity index is 649. The van der Waals surface area contributed by atoms with Crippen LogP contribution in [-0.2, 0) is 0 Å². The maximum atomic E-state index is 10.6. The van der Waals surface area contributed by atoms with E-state index >= 15 is 0 Å². The normalized spacial score (nSPS) is 10.2. The number of aromatic nitrogens is 1. The van der Waals surface area contributed by atoms with E-state index in [1.54, 1.807) is 12.1 Å². The zero-order valence-corrected chi connectivity index (χ0v) is 10.9. The fourth-order valence-electron chi connectivity index (χ4n) is 1.32. The van der Waals surface area contributed by atoms with Gasteiger partial charge in [0.05, 0.1) is 15.0 Å². The molecule has 0 saturated carbocycles. The van der Waals surface area contributed by atoms with Crippen LogP contribution in [-0.4, -0.2) is 9.91 Å². The number of nitrogens with two attached hydrogens (primary N) is 1. The van der Waals surface area contributed by atoms with Gasteiger partial charge in [0, 0.05) is 18.2 Å². The predicted molar refractivity (Wildman–Crippen MR) is 71.8 cm³/mol. The first-order valence-corrected chi connectivity index (χ1v) is 5.77. The molecule has 0 atom stereocenters. The lowest BCUT2D eigenvalue weighted by Crippen LogP contribution is -1.99. The zero-order chi connectivity index (χ0) is 14.0. The van der Waals surface area contributed by atoms with Crippen LogP contribution >= 0.6 is 23.2 Å². The highest BCUT2D eigenvalue weighted by atomic mass is 35.5. The van der Waals surface area contributed by atoms with Crippen molar-refractivity contribution < 1.29 is 9.66 Å². The molecule has 2 rings (SSSR count). The Morgan fingerprint density at radius 2 is 1.95 bits per heavy atom. The number of nitro groups is 1. The van der Waals surface area contributed by atoms with Crippen LogP contribution in [0.5, 0.6) is 11.6 Å². The number of hydrogen-bond donors (Lipinski definition) is 1. The number of halogens is 2. The molecule has 1 heterocycles. The van der Waals surface area contributed by atoms with Crippen molar-refractivity contribution in [2.45, 2.75) is 0 Å². The quantitative estimate of drug-likeness (QED) is 0.689. The van der Waals surface area contributed by atoms with Gasteiger partial charge in [0.25, 0.3) is 0 Å². The van der Waals surface area contributed by atoms with Crippen LogP contribution in [0.15, 0.2) is 30.3 Å². The first-order chi connectivity index (χ1) is 8.97. The minimum atomic E-state index is -0.620. The average molecular weight is 300 g/mol. The Morgan fingerprint density at radius 1 is 1.21 bits per heavy atom. The molecule has 1 aromatic carbocycles. The second-order valence-electron chi connectivity index (χ2n) is 3.49. The van der Waals surface area contributed by atoms with Gasteiger partial charge < -0.3 is 10.5 Å². The van der Waals surface area contributed by atoms with Crippen LogP contribution in [0.3, 0.4) is 0 Å². The van der Waals surface area contributed by atoms with E-state index in [4.69, 9.17) is 33.7 Å². The molecule has 0 aliphatic heterocycles. The van der Waals surface area contributed by atoms with Gasteiger partial charge in [-0.3, -0.25) is 10.1 Å². The fraction of sp³-hybridized carbons (Fsp3) is 0. The number of ether oxygens (including phenoxy) is 1. The van der Waals surface area contributed by atoms with Gasteiger partial charge in [0.2, 0.25) is 11.7 Å². The topological polar surface area (TPSA) is 91.3 Å². The van der Waals surface area contributed by atoms with Gasteiger partial charge in [0.15, 0.2) is 0 Å². The summed E-state index contributed by atoms with van der Waals surface area (Å²) in [7, 11) is 0. The highest BCUT2D eigenvalue weighted by Gasteiger charge is 2.13. The first-order valence-electron chi connectivity index (χ1n) is 5.01. The maximum absolute atomic E-state index is 10.6. The number of benzene rings is 1. The molecular weight excluding hydrogens is 293 g/mol. The lowest BCUT2D eigenvalue weighted by molar-refractivity contribution is -0.384. The van der Waals surface area contributed by atoms with Gasteiger partial charge in [-0.05, 0) is 12.1 Å². The Labute approximate surface area is 117 Å². The van der Waals surface area contributed by atoms with E-state index < -0.39 is 4.92 Å². The van der Waals surface area contributed by atoms with Crippen LogP contribution < -0.4 is 10.5 Å². The molecule has 0 aliphatic rings. The van der Waals surface area contributed by atoms with Crippen molar-refractivity contribution in [2.75, 3.05) is 5.73 Å². The summed E-state index contributed by atoms with van der Waals surface area (Å²) in [6, 6.07) is 7.22. The van der Waals surface area contributed by atoms with Gasteiger partial charge >= 0.3 is 5.69 Å². The second-order valence-corrected chi connectivity index (χ2v) is 4.30. The Hall–Kier alpha value is -2.05. The van der Waals surface area contributed by atoms with E-state index in [1.165, 1.54) is 18.2 Å². The van der Waals surface area contributed by atoms with Crippen molar-refractivity contribution in [2.24, 2.45) is 0 Å². The standard InChI is InChI=1S/C11H7Cl2N3O3/c12-7-2-1-6(5-8(7)13)19-10-4-3-9(16(17)18)11(14)15-10/h1-5H,(H2,14,15). The van der Waals surface area contributed by atoms with Gasteiger partial charge in [-0.25, -0.2) is 0 Å². The van der Waals surface area contributed by atoms with Crippen LogP contribution in [0.1, 0.15) is 0 Å². The monoisotopic (exact) mass is 299 g/mol. The number of hydrogen-bond acceptors (Lipinski definition) is 5. The summed E-state index contributed by atoms with van der Waals surface area (Å²) < 4.78 is 5.37. The lowest BCUT2D eigenvalue weighted by atomic mass is 10.3. The van der Waals surface area contributed by atoms with Crippen molar-refractivity contribution in [1.29, 1.82) is 0 Å². The molecule has 0 amide bonds. The number of anilines is 1. The second kappa shape index (κ2) is 5.29. The number of nitrogen functional groups attached to an aromatic ring is 1. The lowest BCUT2D eigenvalue weighted by Gasteiger charge is -2.06. The summed E-state index contributed by atoms with van der Waals surface area (Å²) in [6.45, 7) is 0. The molecule has 1 aromatic heterocycles. The van der Waals surface area contributed by atoms with Crippen LogP contribution in [0.25, 0.3) is 0 Å². The largest absolute Gasteiger partial charge is 0.439 e. The van der Waals surface area contributed by atoms with Gasteiger partial charge in [-0.15, -0.1) is 0 Å². The average Bonchev–Trinajstić information content (AvgIpc) is 2.33. The summed E-state index contributed by atoms with van der Waals surface area (Å²) in [5, 5.41) is 11.3. The van der Waals surface area contributed by atoms with E-state index in [0.29, 0.717) is 15.8 Å². The Kier molecular flexibility index (Phi) is 3.73. The van der Waals surface area contributed by atoms with E-state index in [1.807, 2.05) is 0 Å². The van der Waals surface area contributed by atoms with Crippen LogP contribution in [0.4, 0.5) is 11.5 Å². The molecule has 0 saturated heterocycles. The molecule has 0 aliphatic carbocycles. The highest BCUT2D eigenvalue weighted by Crippen LogP contribution is 2.30. The molecule has 0 bridgehead atoms. The summed E-state index contributed by atoms with van der Waals surface area (Å²) in [5.41, 5.74) is 5.17. The molecule has 2 aromatic rings. The Balaban J connectivity index is 2.26. The third-order valence-corrected chi connectivity index (χ3v) is 2.93. The SMILES string of the molecule is Nc1nc(Oc2ccc(Cl)c(Cl)c2)ccc1[N+](=O)[O-]. The zero-order valence-electron chi connectivity index (χ0n) is 9.34. The third kappa shape index (κ3) is 3.04. The van der Waals surface area contributed by atoms with Gasteiger partial charge in [-0.2, -0.15) is 4.98 Å². The Morgan fingerprint density at radius 3 is 2.53 bits per heavy atom. The van der Waals surface area contributed by atoms with Gasteiger partial charge in [-0.1, -0.05) is 23.2 Å². The van der Waals surface area contributed by atoms with E-state index in [2.05, 4.69) is 4.98 Å². The summed E-state index contributed by atoms with van der Waals surface area (Å²) >= 11 is 11.6. The van der Waals surface area contributed by atoms with E-state index in [9.17, 15) is 10.1 Å². The smallest absolute Gasteiger partial charge is 0.311 e. The van der Waals surface area contributed by atoms with E-state index in [0.717, 1.165) is 0 Å². The van der Waals surface area contributed by atoms with Crippen molar-refractivity contribution in [3.63, 3.8) is 0 Å². The summed E-state index contributed by atoms with van der Waals surface area (Å²) in [4.78, 5) is 13.7. The maximum Gasteiger partial charge on any atom is 0.311 e.